The summed E-state index contributed by atoms with van der Waals surface area (Å²) in [6, 6.07) is 0. The molecule has 0 fully saturated rings. The van der Waals surface area contributed by atoms with Crippen LogP contribution in [0.3, 0.4) is 0 Å². The van der Waals surface area contributed by atoms with Crippen molar-refractivity contribution < 1.29 is 27.5 Å². The third-order valence-corrected chi connectivity index (χ3v) is 0. The van der Waals surface area contributed by atoms with Crippen LogP contribution >= 0.6 is 0 Å². The van der Waals surface area contributed by atoms with Gasteiger partial charge in [-0.25, -0.2) is 0 Å². The van der Waals surface area contributed by atoms with Crippen LogP contribution in [0.15, 0.2) is 0 Å². The fourth-order valence-electron chi connectivity index (χ4n) is 0. The molecule has 1 radical (unpaired) electrons. The van der Waals surface area contributed by atoms with E-state index in [1.165, 1.54) is 0 Å². The van der Waals surface area contributed by atoms with Crippen molar-refractivity contribution in [3.05, 3.63) is 6.92 Å². The molecule has 0 rings (SSSR count). The molecule has 0 saturated heterocycles. The summed E-state index contributed by atoms with van der Waals surface area (Å²) < 4.78 is 0. The van der Waals surface area contributed by atoms with Gasteiger partial charge in [0.2, 0.25) is 0 Å². The van der Waals surface area contributed by atoms with Gasteiger partial charge in [0, 0.05) is 22.4 Å². The Kier molecular flexibility index (Phi) is 20.6. The molecule has 4 heavy (non-hydrogen) atoms. The minimum absolute atomic E-state index is 0. The van der Waals surface area contributed by atoms with E-state index in [0.29, 0.717) is 0 Å². The molecule has 0 saturated carbocycles. The summed E-state index contributed by atoms with van der Waals surface area (Å²) in [5, 5.41) is 7.46. The molecular weight excluding hydrogens is 221 g/mol. The van der Waals surface area contributed by atoms with E-state index < -0.39 is 0 Å². The van der Waals surface area contributed by atoms with Crippen molar-refractivity contribution in [2.75, 3.05) is 6.61 Å². The van der Waals surface area contributed by atoms with Crippen molar-refractivity contribution in [1.82, 2.24) is 0 Å². The molecule has 0 aromatic heterocycles. The maximum Gasteiger partial charge on any atom is 0 e. The molecule has 2 heteroatoms. The van der Waals surface area contributed by atoms with E-state index in [-0.39, 0.29) is 29.0 Å². The van der Waals surface area contributed by atoms with Crippen LogP contribution < -0.4 is 0 Å². The molecule has 0 aliphatic rings. The standard InChI is InChI=1S/C2H5O.Ta/c1-2-3;/h3H,1-2H2;/q-1;. The van der Waals surface area contributed by atoms with E-state index in [1.54, 1.807) is 0 Å². The summed E-state index contributed by atoms with van der Waals surface area (Å²) in [7, 11) is 0. The Balaban J connectivity index is 0. The summed E-state index contributed by atoms with van der Waals surface area (Å²) in [5.74, 6) is 0. The van der Waals surface area contributed by atoms with Gasteiger partial charge in [-0.2, -0.15) is 0 Å². The Morgan fingerprint density at radius 3 is 1.75 bits per heavy atom. The summed E-state index contributed by atoms with van der Waals surface area (Å²) in [6.07, 6.45) is 0. The van der Waals surface area contributed by atoms with Crippen LogP contribution in [-0.2, 0) is 22.4 Å². The predicted octanol–water partition coefficient (Wildman–Crippen LogP) is -0.190. The number of aliphatic hydroxyl groups excluding tert-OH is 1. The molecule has 0 heterocycles. The second-order valence-corrected chi connectivity index (χ2v) is 0.224. The minimum Gasteiger partial charge on any atom is -0.428 e. The Morgan fingerprint density at radius 1 is 1.75 bits per heavy atom. The maximum atomic E-state index is 7.46. The summed E-state index contributed by atoms with van der Waals surface area (Å²) >= 11 is 0. The molecule has 0 spiro atoms. The molecule has 0 aromatic carbocycles. The average molecular weight is 226 g/mol. The maximum absolute atomic E-state index is 7.46. The van der Waals surface area contributed by atoms with Crippen molar-refractivity contribution >= 4 is 0 Å². The van der Waals surface area contributed by atoms with Gasteiger partial charge < -0.3 is 12.0 Å². The van der Waals surface area contributed by atoms with Crippen LogP contribution in [0.5, 0.6) is 0 Å². The van der Waals surface area contributed by atoms with Crippen LogP contribution in [-0.4, -0.2) is 11.7 Å². The summed E-state index contributed by atoms with van der Waals surface area (Å²) in [6.45, 7) is 3.04. The van der Waals surface area contributed by atoms with Crippen molar-refractivity contribution in [2.24, 2.45) is 0 Å². The minimum atomic E-state index is 0. The molecule has 0 aromatic rings. The SMILES string of the molecule is [CH2-]CO.[Ta]. The van der Waals surface area contributed by atoms with Gasteiger partial charge >= 0.3 is 0 Å². The monoisotopic (exact) mass is 226 g/mol. The second kappa shape index (κ2) is 9.33. The molecule has 0 amide bonds. The van der Waals surface area contributed by atoms with Gasteiger partial charge in [-0.3, -0.25) is 0 Å². The molecule has 0 unspecified atom stereocenters. The third-order valence-electron chi connectivity index (χ3n) is 0. The van der Waals surface area contributed by atoms with Crippen LogP contribution in [0.2, 0.25) is 0 Å². The zero-order valence-electron chi connectivity index (χ0n) is 2.31. The van der Waals surface area contributed by atoms with E-state index in [4.69, 9.17) is 5.11 Å². The number of hydrogen-bond acceptors (Lipinski definition) is 1. The Morgan fingerprint density at radius 2 is 1.75 bits per heavy atom. The largest absolute Gasteiger partial charge is 0.428 e. The Labute approximate surface area is 41.5 Å². The fraction of sp³-hybridized carbons (Fsp3) is 0.500. The van der Waals surface area contributed by atoms with E-state index in [2.05, 4.69) is 6.92 Å². The molecular formula is C2H5OTa-. The quantitative estimate of drug-likeness (QED) is 0.567. The van der Waals surface area contributed by atoms with E-state index in [1.807, 2.05) is 0 Å². The van der Waals surface area contributed by atoms with Gasteiger partial charge in [0.25, 0.3) is 0 Å². The van der Waals surface area contributed by atoms with E-state index in [0.717, 1.165) is 0 Å². The normalized spacial score (nSPS) is 4.50. The van der Waals surface area contributed by atoms with Crippen LogP contribution in [0.1, 0.15) is 0 Å². The molecule has 1 nitrogen and oxygen atoms in total. The first-order valence-electron chi connectivity index (χ1n) is 0.816. The van der Waals surface area contributed by atoms with Gasteiger partial charge in [0.15, 0.2) is 0 Å². The van der Waals surface area contributed by atoms with Gasteiger partial charge in [-0.15, -0.1) is 0 Å². The summed E-state index contributed by atoms with van der Waals surface area (Å²) in [5.41, 5.74) is 0. The summed E-state index contributed by atoms with van der Waals surface area (Å²) in [4.78, 5) is 0. The number of hydrogen-bond donors (Lipinski definition) is 1. The molecule has 0 aliphatic heterocycles. The first-order valence-corrected chi connectivity index (χ1v) is 0.816. The van der Waals surface area contributed by atoms with Gasteiger partial charge in [-0.1, -0.05) is 6.61 Å². The number of aliphatic hydroxyl groups is 1. The van der Waals surface area contributed by atoms with Crippen LogP contribution in [0.25, 0.3) is 0 Å². The van der Waals surface area contributed by atoms with Crippen molar-refractivity contribution in [3.8, 4) is 0 Å². The van der Waals surface area contributed by atoms with Gasteiger partial charge in [0.05, 0.1) is 0 Å². The molecule has 0 atom stereocenters. The predicted molar refractivity (Wildman–Crippen MR) is 12.4 cm³/mol. The smallest absolute Gasteiger partial charge is 0 e. The van der Waals surface area contributed by atoms with Gasteiger partial charge in [-0.05, 0) is 0 Å². The average Bonchev–Trinajstić information content (AvgIpc) is 0.918. The molecule has 0 bridgehead atoms. The zero-order chi connectivity index (χ0) is 2.71. The van der Waals surface area contributed by atoms with Crippen LogP contribution in [0, 0.1) is 6.92 Å². The topological polar surface area (TPSA) is 20.2 Å². The van der Waals surface area contributed by atoms with E-state index in [9.17, 15) is 0 Å². The molecule has 25 valence electrons. The van der Waals surface area contributed by atoms with Crippen molar-refractivity contribution in [3.63, 3.8) is 0 Å². The third kappa shape index (κ3) is 15.9. The van der Waals surface area contributed by atoms with Crippen LogP contribution in [0.4, 0.5) is 0 Å². The van der Waals surface area contributed by atoms with Gasteiger partial charge in [0.1, 0.15) is 0 Å². The zero-order valence-corrected chi connectivity index (χ0v) is 5.52. The Bertz CT molecular complexity index is 6.00. The molecule has 0 aliphatic carbocycles. The first-order chi connectivity index (χ1) is 1.41. The fourth-order valence-corrected chi connectivity index (χ4v) is 0. The Hall–Kier alpha value is 0.700. The first kappa shape index (κ1) is 8.83. The van der Waals surface area contributed by atoms with E-state index >= 15 is 0 Å². The van der Waals surface area contributed by atoms with Crippen molar-refractivity contribution in [2.45, 2.75) is 0 Å². The molecule has 1 N–H and O–H groups in total. The van der Waals surface area contributed by atoms with Crippen molar-refractivity contribution in [1.29, 1.82) is 0 Å². The number of rotatable bonds is 0. The second-order valence-electron chi connectivity index (χ2n) is 0.224.